The topological polar surface area (TPSA) is 85.9 Å². The fourth-order valence-electron chi connectivity index (χ4n) is 2.50. The zero-order chi connectivity index (χ0) is 21.2. The van der Waals surface area contributed by atoms with Crippen LogP contribution in [0.4, 0.5) is 0 Å². The van der Waals surface area contributed by atoms with Crippen molar-refractivity contribution in [2.75, 3.05) is 13.7 Å². The first-order chi connectivity index (χ1) is 14.6. The first-order valence-corrected chi connectivity index (χ1v) is 9.27. The average molecular weight is 406 g/mol. The highest BCUT2D eigenvalue weighted by Crippen LogP contribution is 2.18. The molecule has 0 aliphatic rings. The molecular weight excluding hydrogens is 384 g/mol. The standard InChI is InChI=1S/C23H22N2O5/c1-28-19-9-7-18(8-10-19)23(27)25-24-22(26)16-30-21-13-11-20(12-14-21)29-15-17-5-3-2-4-6-17/h2-14H,15-16H2,1H3,(H,24,26)(H,25,27). The molecule has 0 unspecified atom stereocenters. The number of carbonyl (C=O) groups excluding carboxylic acids is 2. The number of hydrazine groups is 1. The monoisotopic (exact) mass is 406 g/mol. The van der Waals surface area contributed by atoms with Gasteiger partial charge in [0.05, 0.1) is 7.11 Å². The summed E-state index contributed by atoms with van der Waals surface area (Å²) in [6, 6.07) is 23.3. The molecule has 3 aromatic rings. The summed E-state index contributed by atoms with van der Waals surface area (Å²) in [6.45, 7) is 0.227. The van der Waals surface area contributed by atoms with E-state index in [1.165, 1.54) is 0 Å². The highest BCUT2D eigenvalue weighted by Gasteiger charge is 2.08. The molecular formula is C23H22N2O5. The summed E-state index contributed by atoms with van der Waals surface area (Å²) in [4.78, 5) is 23.9. The van der Waals surface area contributed by atoms with Crippen molar-refractivity contribution in [3.05, 3.63) is 90.0 Å². The van der Waals surface area contributed by atoms with Crippen LogP contribution < -0.4 is 25.1 Å². The SMILES string of the molecule is COc1ccc(C(=O)NNC(=O)COc2ccc(OCc3ccccc3)cc2)cc1. The first-order valence-electron chi connectivity index (χ1n) is 9.27. The van der Waals surface area contributed by atoms with E-state index >= 15 is 0 Å². The summed E-state index contributed by atoms with van der Waals surface area (Å²) in [5, 5.41) is 0. The van der Waals surface area contributed by atoms with Gasteiger partial charge in [-0.1, -0.05) is 30.3 Å². The lowest BCUT2D eigenvalue weighted by atomic mass is 10.2. The normalized spacial score (nSPS) is 10.0. The van der Waals surface area contributed by atoms with Gasteiger partial charge in [0.15, 0.2) is 6.61 Å². The van der Waals surface area contributed by atoms with Crippen molar-refractivity contribution in [1.29, 1.82) is 0 Å². The lowest BCUT2D eigenvalue weighted by Crippen LogP contribution is -2.43. The van der Waals surface area contributed by atoms with Crippen molar-refractivity contribution >= 4 is 11.8 Å². The Hall–Kier alpha value is -4.00. The van der Waals surface area contributed by atoms with E-state index in [4.69, 9.17) is 14.2 Å². The van der Waals surface area contributed by atoms with Crippen molar-refractivity contribution in [3.63, 3.8) is 0 Å². The third kappa shape index (κ3) is 6.27. The van der Waals surface area contributed by atoms with Gasteiger partial charge in [-0.25, -0.2) is 0 Å². The molecule has 0 atom stereocenters. The maximum absolute atomic E-state index is 12.0. The molecule has 0 aliphatic heterocycles. The molecule has 0 aromatic heterocycles. The highest BCUT2D eigenvalue weighted by atomic mass is 16.5. The Morgan fingerprint density at radius 3 is 1.97 bits per heavy atom. The number of benzene rings is 3. The molecule has 0 saturated heterocycles. The van der Waals surface area contributed by atoms with Crippen LogP contribution in [0.5, 0.6) is 17.2 Å². The molecule has 0 heterocycles. The van der Waals surface area contributed by atoms with Crippen molar-refractivity contribution < 1.29 is 23.8 Å². The van der Waals surface area contributed by atoms with E-state index < -0.39 is 11.8 Å². The Labute approximate surface area is 174 Å². The summed E-state index contributed by atoms with van der Waals surface area (Å²) in [5.74, 6) is 0.925. The molecule has 0 radical (unpaired) electrons. The third-order valence-corrected chi connectivity index (χ3v) is 4.11. The number of hydrogen-bond donors (Lipinski definition) is 2. The van der Waals surface area contributed by atoms with Crippen LogP contribution in [-0.4, -0.2) is 25.5 Å². The van der Waals surface area contributed by atoms with Gasteiger partial charge in [-0.05, 0) is 54.1 Å². The van der Waals surface area contributed by atoms with E-state index in [0.717, 1.165) is 5.56 Å². The number of rotatable bonds is 8. The summed E-state index contributed by atoms with van der Waals surface area (Å²) in [6.07, 6.45) is 0. The van der Waals surface area contributed by atoms with Gasteiger partial charge >= 0.3 is 0 Å². The van der Waals surface area contributed by atoms with Crippen LogP contribution in [0.25, 0.3) is 0 Å². The van der Waals surface area contributed by atoms with E-state index in [2.05, 4.69) is 10.9 Å². The van der Waals surface area contributed by atoms with Gasteiger partial charge in [0, 0.05) is 5.56 Å². The van der Waals surface area contributed by atoms with E-state index in [0.29, 0.717) is 29.4 Å². The molecule has 2 N–H and O–H groups in total. The highest BCUT2D eigenvalue weighted by molar-refractivity contribution is 5.95. The van der Waals surface area contributed by atoms with E-state index in [1.54, 1.807) is 55.6 Å². The number of hydrogen-bond acceptors (Lipinski definition) is 5. The molecule has 3 aromatic carbocycles. The molecule has 30 heavy (non-hydrogen) atoms. The van der Waals surface area contributed by atoms with E-state index in [-0.39, 0.29) is 6.61 Å². The molecule has 3 rings (SSSR count). The molecule has 7 nitrogen and oxygen atoms in total. The van der Waals surface area contributed by atoms with Crippen LogP contribution in [0.1, 0.15) is 15.9 Å². The zero-order valence-electron chi connectivity index (χ0n) is 16.5. The lowest BCUT2D eigenvalue weighted by Gasteiger charge is -2.10. The Morgan fingerprint density at radius 1 is 0.733 bits per heavy atom. The summed E-state index contributed by atoms with van der Waals surface area (Å²) in [5.41, 5.74) is 6.11. The molecule has 0 saturated carbocycles. The molecule has 0 spiro atoms. The van der Waals surface area contributed by atoms with Crippen molar-refractivity contribution in [3.8, 4) is 17.2 Å². The Morgan fingerprint density at radius 2 is 1.33 bits per heavy atom. The second-order valence-corrected chi connectivity index (χ2v) is 6.27. The molecule has 0 aliphatic carbocycles. The molecule has 154 valence electrons. The predicted octanol–water partition coefficient (Wildman–Crippen LogP) is 3.11. The van der Waals surface area contributed by atoms with Crippen molar-refractivity contribution in [2.45, 2.75) is 6.61 Å². The van der Waals surface area contributed by atoms with Crippen LogP contribution in [0.15, 0.2) is 78.9 Å². The molecule has 7 heteroatoms. The second kappa shape index (κ2) is 10.5. The van der Waals surface area contributed by atoms with Gasteiger partial charge < -0.3 is 14.2 Å². The maximum atomic E-state index is 12.0. The third-order valence-electron chi connectivity index (χ3n) is 4.11. The smallest absolute Gasteiger partial charge is 0.276 e. The van der Waals surface area contributed by atoms with Gasteiger partial charge in [-0.15, -0.1) is 0 Å². The number of ether oxygens (including phenoxy) is 3. The van der Waals surface area contributed by atoms with Crippen molar-refractivity contribution in [1.82, 2.24) is 10.9 Å². The summed E-state index contributed by atoms with van der Waals surface area (Å²) >= 11 is 0. The number of nitrogens with one attached hydrogen (secondary N) is 2. The number of amides is 2. The lowest BCUT2D eigenvalue weighted by molar-refractivity contribution is -0.123. The average Bonchev–Trinajstić information content (AvgIpc) is 2.81. The Kier molecular flexibility index (Phi) is 7.27. The Bertz CT molecular complexity index is 957. The fraction of sp³-hybridized carbons (Fsp3) is 0.130. The number of methoxy groups -OCH3 is 1. The van der Waals surface area contributed by atoms with Crippen molar-refractivity contribution in [2.24, 2.45) is 0 Å². The first kappa shape index (κ1) is 20.7. The van der Waals surface area contributed by atoms with Gasteiger partial charge in [0.1, 0.15) is 23.9 Å². The van der Waals surface area contributed by atoms with Crippen LogP contribution in [0.3, 0.4) is 0 Å². The Balaban J connectivity index is 1.39. The minimum Gasteiger partial charge on any atom is -0.497 e. The molecule has 2 amide bonds. The summed E-state index contributed by atoms with van der Waals surface area (Å²) in [7, 11) is 1.54. The minimum atomic E-state index is -0.485. The molecule has 0 fully saturated rings. The second-order valence-electron chi connectivity index (χ2n) is 6.27. The minimum absolute atomic E-state index is 0.243. The largest absolute Gasteiger partial charge is 0.497 e. The maximum Gasteiger partial charge on any atom is 0.276 e. The van der Waals surface area contributed by atoms with E-state index in [9.17, 15) is 9.59 Å². The zero-order valence-corrected chi connectivity index (χ0v) is 16.5. The van der Waals surface area contributed by atoms with Gasteiger partial charge in [0.2, 0.25) is 0 Å². The van der Waals surface area contributed by atoms with Gasteiger partial charge in [0.25, 0.3) is 11.8 Å². The van der Waals surface area contributed by atoms with Gasteiger partial charge in [-0.3, -0.25) is 20.4 Å². The van der Waals surface area contributed by atoms with Crippen LogP contribution in [-0.2, 0) is 11.4 Å². The van der Waals surface area contributed by atoms with Crippen LogP contribution in [0, 0.1) is 0 Å². The predicted molar refractivity (Wildman–Crippen MR) is 111 cm³/mol. The van der Waals surface area contributed by atoms with E-state index in [1.807, 2.05) is 30.3 Å². The van der Waals surface area contributed by atoms with Crippen LogP contribution >= 0.6 is 0 Å². The van der Waals surface area contributed by atoms with Gasteiger partial charge in [-0.2, -0.15) is 0 Å². The van der Waals surface area contributed by atoms with Crippen LogP contribution in [0.2, 0.25) is 0 Å². The summed E-state index contributed by atoms with van der Waals surface area (Å²) < 4.78 is 16.2. The quantitative estimate of drug-likeness (QED) is 0.562. The fourth-order valence-corrected chi connectivity index (χ4v) is 2.50. The molecule has 0 bridgehead atoms. The number of carbonyl (C=O) groups is 2.